The Morgan fingerprint density at radius 2 is 1.88 bits per heavy atom. The van der Waals surface area contributed by atoms with Gasteiger partial charge in [0.2, 0.25) is 5.91 Å². The second-order valence-electron chi connectivity index (χ2n) is 5.00. The fraction of sp³-hybridized carbons (Fsp3) is 0.909. The maximum atomic E-state index is 11.9. The number of piperazine rings is 1. The Hall–Kier alpha value is -0.650. The maximum absolute atomic E-state index is 11.9. The Kier molecular flexibility index (Phi) is 4.29. The molecule has 0 unspecified atom stereocenters. The summed E-state index contributed by atoms with van der Waals surface area (Å²) in [4.78, 5) is 16.0. The number of amides is 1. The van der Waals surface area contributed by atoms with Crippen molar-refractivity contribution in [2.24, 2.45) is 5.73 Å². The zero-order valence-electron chi connectivity index (χ0n) is 10.4. The van der Waals surface area contributed by atoms with E-state index in [-0.39, 0.29) is 12.5 Å². The lowest BCUT2D eigenvalue weighted by atomic mass is 10.0. The number of hydrogen-bond acceptors (Lipinski definition) is 4. The van der Waals surface area contributed by atoms with Crippen LogP contribution in [0.15, 0.2) is 0 Å². The van der Waals surface area contributed by atoms with Crippen molar-refractivity contribution in [1.29, 1.82) is 0 Å². The minimum atomic E-state index is -1.14. The molecule has 1 saturated heterocycles. The van der Waals surface area contributed by atoms with E-state index in [4.69, 9.17) is 10.8 Å². The molecule has 1 amide bonds. The summed E-state index contributed by atoms with van der Waals surface area (Å²) < 4.78 is 0. The summed E-state index contributed by atoms with van der Waals surface area (Å²) >= 11 is 0. The summed E-state index contributed by atoms with van der Waals surface area (Å²) in [6, 6.07) is 0.513. The van der Waals surface area contributed by atoms with E-state index in [1.165, 1.54) is 0 Å². The molecule has 1 heterocycles. The van der Waals surface area contributed by atoms with E-state index in [0.29, 0.717) is 19.1 Å². The normalized spacial score (nSPS) is 22.2. The lowest BCUT2D eigenvalue weighted by molar-refractivity contribution is -0.139. The van der Waals surface area contributed by atoms with Gasteiger partial charge in [0.15, 0.2) is 0 Å². The largest absolute Gasteiger partial charge is 0.394 e. The number of carbonyl (C=O) groups is 1. The van der Waals surface area contributed by atoms with Crippen LogP contribution in [0.4, 0.5) is 0 Å². The van der Waals surface area contributed by atoms with Gasteiger partial charge in [0.25, 0.3) is 0 Å². The number of nitrogens with zero attached hydrogens (tertiary/aromatic N) is 2. The van der Waals surface area contributed by atoms with Crippen LogP contribution in [0.3, 0.4) is 0 Å². The van der Waals surface area contributed by atoms with Crippen LogP contribution >= 0.6 is 0 Å². The van der Waals surface area contributed by atoms with Crippen molar-refractivity contribution in [3.8, 4) is 0 Å². The fourth-order valence-corrected chi connectivity index (χ4v) is 1.87. The lowest BCUT2D eigenvalue weighted by Gasteiger charge is -2.39. The van der Waals surface area contributed by atoms with Gasteiger partial charge in [0, 0.05) is 32.2 Å². The second kappa shape index (κ2) is 5.12. The number of rotatable bonds is 3. The topological polar surface area (TPSA) is 69.8 Å². The first-order chi connectivity index (χ1) is 7.38. The lowest BCUT2D eigenvalue weighted by Crippen LogP contribution is -2.60. The summed E-state index contributed by atoms with van der Waals surface area (Å²) in [5.41, 5.74) is 4.59. The number of carbonyl (C=O) groups excluding carboxylic acids is 1. The second-order valence-corrected chi connectivity index (χ2v) is 5.00. The standard InChI is InChI=1S/C11H23N3O2/c1-9(2)13-4-6-14(7-5-13)10(16)11(3,12)8-15/h9,15H,4-8,12H2,1-3H3/t11-/m1/s1. The average Bonchev–Trinajstić information content (AvgIpc) is 2.28. The quantitative estimate of drug-likeness (QED) is 0.668. The van der Waals surface area contributed by atoms with Gasteiger partial charge in [0.05, 0.1) is 6.61 Å². The molecule has 5 heteroatoms. The highest BCUT2D eigenvalue weighted by Crippen LogP contribution is 2.10. The Bertz CT molecular complexity index is 246. The maximum Gasteiger partial charge on any atom is 0.244 e. The van der Waals surface area contributed by atoms with Crippen molar-refractivity contribution in [2.45, 2.75) is 32.4 Å². The average molecular weight is 229 g/mol. The number of nitrogens with two attached hydrogens (primary N) is 1. The van der Waals surface area contributed by atoms with Gasteiger partial charge in [-0.1, -0.05) is 0 Å². The predicted molar refractivity (Wildman–Crippen MR) is 63.0 cm³/mol. The highest BCUT2D eigenvalue weighted by Gasteiger charge is 2.33. The molecule has 0 aromatic rings. The van der Waals surface area contributed by atoms with Crippen LogP contribution in [0.1, 0.15) is 20.8 Å². The van der Waals surface area contributed by atoms with E-state index in [2.05, 4.69) is 18.7 Å². The monoisotopic (exact) mass is 229 g/mol. The van der Waals surface area contributed by atoms with Crippen molar-refractivity contribution in [1.82, 2.24) is 9.80 Å². The molecule has 16 heavy (non-hydrogen) atoms. The van der Waals surface area contributed by atoms with E-state index in [9.17, 15) is 4.79 Å². The van der Waals surface area contributed by atoms with Crippen molar-refractivity contribution in [2.75, 3.05) is 32.8 Å². The first-order valence-electron chi connectivity index (χ1n) is 5.81. The smallest absolute Gasteiger partial charge is 0.244 e. The minimum absolute atomic E-state index is 0.154. The van der Waals surface area contributed by atoms with E-state index in [1.54, 1.807) is 11.8 Å². The molecule has 1 aliphatic rings. The molecular formula is C11H23N3O2. The van der Waals surface area contributed by atoms with Crippen LogP contribution in [0, 0.1) is 0 Å². The summed E-state index contributed by atoms with van der Waals surface area (Å²) in [7, 11) is 0. The van der Waals surface area contributed by atoms with Crippen molar-refractivity contribution in [3.05, 3.63) is 0 Å². The summed E-state index contributed by atoms with van der Waals surface area (Å²) in [6.45, 7) is 8.72. The van der Waals surface area contributed by atoms with Crippen molar-refractivity contribution < 1.29 is 9.90 Å². The van der Waals surface area contributed by atoms with E-state index in [1.807, 2.05) is 0 Å². The first-order valence-corrected chi connectivity index (χ1v) is 5.81. The molecular weight excluding hydrogens is 206 g/mol. The van der Waals surface area contributed by atoms with Crippen LogP contribution in [-0.2, 0) is 4.79 Å². The molecule has 94 valence electrons. The summed E-state index contributed by atoms with van der Waals surface area (Å²) in [6.07, 6.45) is 0. The Morgan fingerprint density at radius 3 is 2.25 bits per heavy atom. The first kappa shape index (κ1) is 13.4. The molecule has 1 rings (SSSR count). The van der Waals surface area contributed by atoms with Gasteiger partial charge >= 0.3 is 0 Å². The van der Waals surface area contributed by atoms with E-state index >= 15 is 0 Å². The van der Waals surface area contributed by atoms with Gasteiger partial charge in [-0.05, 0) is 20.8 Å². The Morgan fingerprint density at radius 1 is 1.38 bits per heavy atom. The molecule has 0 aromatic heterocycles. The third kappa shape index (κ3) is 2.93. The van der Waals surface area contributed by atoms with Gasteiger partial charge < -0.3 is 15.7 Å². The van der Waals surface area contributed by atoms with E-state index < -0.39 is 5.54 Å². The fourth-order valence-electron chi connectivity index (χ4n) is 1.87. The van der Waals surface area contributed by atoms with Gasteiger partial charge in [-0.3, -0.25) is 9.69 Å². The zero-order chi connectivity index (χ0) is 12.3. The summed E-state index contributed by atoms with van der Waals surface area (Å²) in [5, 5.41) is 9.05. The zero-order valence-corrected chi connectivity index (χ0v) is 10.4. The van der Waals surface area contributed by atoms with Crippen LogP contribution in [0.5, 0.6) is 0 Å². The third-order valence-electron chi connectivity index (χ3n) is 3.15. The number of aliphatic hydroxyl groups excluding tert-OH is 1. The van der Waals surface area contributed by atoms with Crippen molar-refractivity contribution in [3.63, 3.8) is 0 Å². The molecule has 3 N–H and O–H groups in total. The Balaban J connectivity index is 2.51. The molecule has 1 atom stereocenters. The molecule has 5 nitrogen and oxygen atoms in total. The van der Waals surface area contributed by atoms with Crippen LogP contribution in [-0.4, -0.2) is 65.2 Å². The minimum Gasteiger partial charge on any atom is -0.394 e. The van der Waals surface area contributed by atoms with Crippen molar-refractivity contribution >= 4 is 5.91 Å². The molecule has 1 fully saturated rings. The molecule has 0 saturated carbocycles. The molecule has 0 radical (unpaired) electrons. The van der Waals surface area contributed by atoms with Crippen LogP contribution in [0.25, 0.3) is 0 Å². The van der Waals surface area contributed by atoms with Crippen LogP contribution in [0.2, 0.25) is 0 Å². The van der Waals surface area contributed by atoms with Gasteiger partial charge in [-0.15, -0.1) is 0 Å². The molecule has 1 aliphatic heterocycles. The molecule has 0 bridgehead atoms. The Labute approximate surface area is 97.2 Å². The predicted octanol–water partition coefficient (Wildman–Crippen LogP) is -0.751. The van der Waals surface area contributed by atoms with E-state index in [0.717, 1.165) is 13.1 Å². The number of hydrogen-bond donors (Lipinski definition) is 2. The molecule has 0 aromatic carbocycles. The van der Waals surface area contributed by atoms with Gasteiger partial charge in [-0.2, -0.15) is 0 Å². The highest BCUT2D eigenvalue weighted by atomic mass is 16.3. The third-order valence-corrected chi connectivity index (χ3v) is 3.15. The van der Waals surface area contributed by atoms with Gasteiger partial charge in [0.1, 0.15) is 5.54 Å². The summed E-state index contributed by atoms with van der Waals surface area (Å²) in [5.74, 6) is -0.154. The SMILES string of the molecule is CC(C)N1CCN(C(=O)[C@](C)(N)CO)CC1. The molecule has 0 aliphatic carbocycles. The van der Waals surface area contributed by atoms with Crippen LogP contribution < -0.4 is 5.73 Å². The highest BCUT2D eigenvalue weighted by molar-refractivity contribution is 5.85. The molecule has 0 spiro atoms. The van der Waals surface area contributed by atoms with Gasteiger partial charge in [-0.25, -0.2) is 0 Å². The number of aliphatic hydroxyl groups is 1.